The van der Waals surface area contributed by atoms with Gasteiger partial charge in [-0.3, -0.25) is 0 Å². The number of anilines is 5. The molecule has 0 unspecified atom stereocenters. The molecule has 6 rings (SSSR count). The molecule has 3 aromatic carbocycles. The third-order valence-electron chi connectivity index (χ3n) is 8.84. The first-order valence-corrected chi connectivity index (χ1v) is 24.3. The summed E-state index contributed by atoms with van der Waals surface area (Å²) in [7, 11) is -3.40. The molecule has 1 aliphatic heterocycles. The van der Waals surface area contributed by atoms with Crippen LogP contribution in [0.2, 0.25) is 10.0 Å². The van der Waals surface area contributed by atoms with Crippen LogP contribution < -0.4 is 26.4 Å². The minimum atomic E-state index is -3.40. The Kier molecular flexibility index (Phi) is 27.1. The van der Waals surface area contributed by atoms with Crippen molar-refractivity contribution in [3.05, 3.63) is 113 Å². The number of nitrogens with one attached hydrogen (secondary N) is 3. The topological polar surface area (TPSA) is 157 Å². The zero-order valence-electron chi connectivity index (χ0n) is 39.7. The Morgan fingerprint density at radius 2 is 1.32 bits per heavy atom. The number of nitrogens with two attached hydrogens (primary N) is 1. The molecule has 0 saturated carbocycles. The Morgan fingerprint density at radius 1 is 0.848 bits per heavy atom. The minimum absolute atomic E-state index is 0.163. The number of thioether (sulfide) groups is 1. The number of aryl methyl sites for hydroxylation is 3. The second kappa shape index (κ2) is 30.6. The summed E-state index contributed by atoms with van der Waals surface area (Å²) in [6.07, 6.45) is 22.7. The molecule has 1 fully saturated rings. The van der Waals surface area contributed by atoms with Crippen LogP contribution in [-0.2, 0) is 9.84 Å². The molecule has 0 radical (unpaired) electrons. The van der Waals surface area contributed by atoms with Crippen LogP contribution in [0, 0.1) is 65.2 Å². The molecule has 0 spiro atoms. The molecule has 0 amide bonds. The van der Waals surface area contributed by atoms with Crippen LogP contribution in [0.4, 0.5) is 28.7 Å². The first kappa shape index (κ1) is 58.4. The van der Waals surface area contributed by atoms with Crippen molar-refractivity contribution in [2.24, 2.45) is 0 Å². The second-order valence-electron chi connectivity index (χ2n) is 15.2. The number of benzene rings is 3. The van der Waals surface area contributed by atoms with E-state index in [1.807, 2.05) is 44.9 Å². The number of hydrogen-bond acceptors (Lipinski definition) is 12. The number of nitrogens with zero attached hydrogens (tertiary/aromatic N) is 4. The van der Waals surface area contributed by atoms with Crippen LogP contribution in [0.1, 0.15) is 90.0 Å². The van der Waals surface area contributed by atoms with E-state index < -0.39 is 15.1 Å². The number of piperidine rings is 1. The van der Waals surface area contributed by atoms with E-state index in [1.165, 1.54) is 35.1 Å². The molecule has 1 aliphatic rings. The fourth-order valence-electron chi connectivity index (χ4n) is 5.99. The van der Waals surface area contributed by atoms with Crippen molar-refractivity contribution in [3.8, 4) is 43.3 Å². The molecule has 11 nitrogen and oxygen atoms in total. The molecule has 0 atom stereocenters. The maximum Gasteiger partial charge on any atom is 0.182 e. The van der Waals surface area contributed by atoms with Gasteiger partial charge in [0.15, 0.2) is 21.5 Å². The standard InChI is InChI=1S/C15H24N2O.C14H16ClN3O2S.C14H16ClN3S.C3H4.C3H3.C2H2/c1-10(2)18-15-9-13(11(3)8-14(15)16)12-4-6-17-7-5-12;1-9(2)21(19,20)13-7-5-4-6-12(13)18-14-11(15)8-16-10(3)17-14;1-9(2)19-13-7-5-4-6-12(13)18-14-11(15)8-16-10(3)17-14;2*1-3-2;1-2/h8-10,12,17H,4-7,16H2,1-3H3;4-9H,1-3H3,(H,16,17,18);4-9H,1-3H3,(H,16,17,18);1H,2H3;1H,2H2;1-2H/q;;;;-1;. The van der Waals surface area contributed by atoms with Crippen LogP contribution in [0.5, 0.6) is 5.75 Å². The maximum atomic E-state index is 12.4. The quantitative estimate of drug-likeness (QED) is 0.0431. The van der Waals surface area contributed by atoms with E-state index in [1.54, 1.807) is 69.9 Å². The number of nitrogen functional groups attached to an aromatic ring is 1. The zero-order chi connectivity index (χ0) is 50.0. The Morgan fingerprint density at radius 3 is 1.80 bits per heavy atom. The fraction of sp³-hybridized carbons (Fsp3) is 0.353. The molecule has 66 heavy (non-hydrogen) atoms. The van der Waals surface area contributed by atoms with Crippen molar-refractivity contribution in [2.45, 2.75) is 114 Å². The first-order chi connectivity index (χ1) is 31.3. The highest BCUT2D eigenvalue weighted by Gasteiger charge is 2.23. The average Bonchev–Trinajstić information content (AvgIpc) is 3.27. The Hall–Kier alpha value is -5.59. The van der Waals surface area contributed by atoms with E-state index in [9.17, 15) is 8.42 Å². The molecular weight excluding hydrogens is 908 g/mol. The lowest BCUT2D eigenvalue weighted by molar-refractivity contribution is 0.243. The molecule has 0 bridgehead atoms. The predicted octanol–water partition coefficient (Wildman–Crippen LogP) is 12.2. The number of para-hydroxylation sites is 2. The monoisotopic (exact) mass is 971 g/mol. The van der Waals surface area contributed by atoms with Crippen LogP contribution in [0.15, 0.2) is 82.8 Å². The lowest BCUT2D eigenvalue weighted by Gasteiger charge is -2.25. The van der Waals surface area contributed by atoms with Gasteiger partial charge in [-0.05, 0) is 135 Å². The Balaban J connectivity index is 0.000000458. The zero-order valence-corrected chi connectivity index (χ0v) is 42.9. The van der Waals surface area contributed by atoms with Crippen molar-refractivity contribution in [1.29, 1.82) is 0 Å². The Labute approximate surface area is 409 Å². The van der Waals surface area contributed by atoms with Gasteiger partial charge in [0.1, 0.15) is 27.4 Å². The van der Waals surface area contributed by atoms with Gasteiger partial charge in [-0.1, -0.05) is 61.3 Å². The van der Waals surface area contributed by atoms with E-state index in [-0.39, 0.29) is 11.0 Å². The summed E-state index contributed by atoms with van der Waals surface area (Å²) in [6, 6.07) is 19.0. The molecule has 5 aromatic rings. The normalized spacial score (nSPS) is 11.7. The van der Waals surface area contributed by atoms with Gasteiger partial charge < -0.3 is 38.8 Å². The van der Waals surface area contributed by atoms with E-state index in [2.05, 4.69) is 113 Å². The van der Waals surface area contributed by atoms with Crippen molar-refractivity contribution >= 4 is 73.5 Å². The lowest BCUT2D eigenvalue weighted by Crippen LogP contribution is -2.27. The minimum Gasteiger partial charge on any atom is -0.489 e. The highest BCUT2D eigenvalue weighted by Crippen LogP contribution is 2.36. The smallest absolute Gasteiger partial charge is 0.182 e. The fourth-order valence-corrected chi connectivity index (χ4v) is 8.38. The van der Waals surface area contributed by atoms with Gasteiger partial charge in [0, 0.05) is 10.1 Å². The van der Waals surface area contributed by atoms with Gasteiger partial charge in [0.2, 0.25) is 0 Å². The summed E-state index contributed by atoms with van der Waals surface area (Å²) in [6.45, 7) is 24.3. The van der Waals surface area contributed by atoms with Gasteiger partial charge in [-0.2, -0.15) is 6.92 Å². The number of aromatic nitrogens is 4. The van der Waals surface area contributed by atoms with Gasteiger partial charge in [-0.25, -0.2) is 28.4 Å². The number of rotatable bonds is 11. The summed E-state index contributed by atoms with van der Waals surface area (Å²) in [5, 5.41) is 10.5. The lowest BCUT2D eigenvalue weighted by atomic mass is 9.87. The summed E-state index contributed by atoms with van der Waals surface area (Å²) in [5.41, 5.74) is 10.9. The van der Waals surface area contributed by atoms with Crippen molar-refractivity contribution in [1.82, 2.24) is 25.3 Å². The Bertz CT molecular complexity index is 2470. The summed E-state index contributed by atoms with van der Waals surface area (Å²) >= 11 is 14.0. The predicted molar refractivity (Wildman–Crippen MR) is 281 cm³/mol. The summed E-state index contributed by atoms with van der Waals surface area (Å²) < 4.78 is 30.6. The van der Waals surface area contributed by atoms with Crippen molar-refractivity contribution in [2.75, 3.05) is 29.5 Å². The third-order valence-corrected chi connectivity index (χ3v) is 12.7. The van der Waals surface area contributed by atoms with E-state index >= 15 is 0 Å². The van der Waals surface area contributed by atoms with Gasteiger partial charge in [0.05, 0.1) is 45.7 Å². The van der Waals surface area contributed by atoms with E-state index in [4.69, 9.17) is 33.7 Å². The number of terminal acetylenes is 3. The highest BCUT2D eigenvalue weighted by atomic mass is 35.5. The molecule has 354 valence electrons. The van der Waals surface area contributed by atoms with Crippen LogP contribution >= 0.6 is 35.0 Å². The second-order valence-corrected chi connectivity index (χ2v) is 20.1. The third kappa shape index (κ3) is 19.9. The number of ether oxygens (including phenoxy) is 1. The van der Waals surface area contributed by atoms with Gasteiger partial charge in [-0.15, -0.1) is 37.0 Å². The molecule has 5 N–H and O–H groups in total. The van der Waals surface area contributed by atoms with Crippen LogP contribution in [0.25, 0.3) is 0 Å². The molecule has 1 saturated heterocycles. The van der Waals surface area contributed by atoms with Crippen LogP contribution in [0.3, 0.4) is 0 Å². The number of hydrogen-bond donors (Lipinski definition) is 4. The summed E-state index contributed by atoms with van der Waals surface area (Å²) in [4.78, 5) is 18.0. The van der Waals surface area contributed by atoms with Gasteiger partial charge >= 0.3 is 0 Å². The molecular formula is C51H65Cl2N8O3S2-. The first-order valence-electron chi connectivity index (χ1n) is 21.1. The molecule has 15 heteroatoms. The summed E-state index contributed by atoms with van der Waals surface area (Å²) in [5.74, 6) is 8.00. The number of sulfone groups is 1. The highest BCUT2D eigenvalue weighted by molar-refractivity contribution is 8.00. The average molecular weight is 973 g/mol. The maximum absolute atomic E-state index is 12.4. The van der Waals surface area contributed by atoms with Crippen molar-refractivity contribution in [3.63, 3.8) is 0 Å². The van der Waals surface area contributed by atoms with Gasteiger partial charge in [0.25, 0.3) is 0 Å². The van der Waals surface area contributed by atoms with Crippen LogP contribution in [-0.4, -0.2) is 58.0 Å². The van der Waals surface area contributed by atoms with E-state index in [0.29, 0.717) is 50.2 Å². The molecule has 0 aliphatic carbocycles. The SMILES string of the molecule is C#C.C#CC.C#C[CH2-].Cc1cc(N)c(OC(C)C)cc1C1CCNCC1.Cc1ncc(Cl)c(Nc2ccccc2S(=O)(=O)C(C)C)n1.Cc1ncc(Cl)c(Nc2ccccc2SC(C)C)n1. The number of halogens is 2. The van der Waals surface area contributed by atoms with Crippen molar-refractivity contribution < 1.29 is 13.2 Å². The van der Waals surface area contributed by atoms with E-state index in [0.717, 1.165) is 30.2 Å². The molecule has 3 heterocycles. The largest absolute Gasteiger partial charge is 0.489 e. The molecule has 2 aromatic heterocycles.